The second-order valence-corrected chi connectivity index (χ2v) is 9.46. The van der Waals surface area contributed by atoms with Crippen LogP contribution in [0.25, 0.3) is 0 Å². The number of hydrogen-bond acceptors (Lipinski definition) is 6. The molecule has 0 spiro atoms. The molecular weight excluding hydrogens is 416 g/mol. The fourth-order valence-electron chi connectivity index (χ4n) is 2.98. The molecule has 8 heteroatoms. The zero-order valence-electron chi connectivity index (χ0n) is 17.8. The van der Waals surface area contributed by atoms with Gasteiger partial charge in [-0.3, -0.25) is 14.5 Å². The van der Waals surface area contributed by atoms with E-state index in [1.807, 2.05) is 70.3 Å². The maximum Gasteiger partial charge on any atom is 0.280 e. The van der Waals surface area contributed by atoms with Crippen molar-refractivity contribution in [1.29, 1.82) is 0 Å². The lowest BCUT2D eigenvalue weighted by atomic mass is 10.00. The fourth-order valence-corrected chi connectivity index (χ4v) is 4.42. The van der Waals surface area contributed by atoms with Gasteiger partial charge in [-0.1, -0.05) is 29.1 Å². The van der Waals surface area contributed by atoms with Gasteiger partial charge in [0.25, 0.3) is 5.91 Å². The highest BCUT2D eigenvalue weighted by Gasteiger charge is 2.37. The van der Waals surface area contributed by atoms with Crippen LogP contribution in [-0.2, 0) is 4.79 Å². The summed E-state index contributed by atoms with van der Waals surface area (Å²) in [5, 5.41) is 10.6. The maximum atomic E-state index is 13.6. The smallest absolute Gasteiger partial charge is 0.280 e. The van der Waals surface area contributed by atoms with Crippen molar-refractivity contribution in [2.45, 2.75) is 52.6 Å². The minimum atomic E-state index is -0.812. The topological polar surface area (TPSA) is 75.2 Å². The SMILES string of the molecule is CCC(C)(C)NC(=O)C(c1sccc1C)N(C(=O)c1csnn1)c1ccc(C)cc1. The molecule has 0 aliphatic heterocycles. The number of carbonyl (C=O) groups excluding carboxylic acids is 2. The van der Waals surface area contributed by atoms with Gasteiger partial charge in [-0.2, -0.15) is 0 Å². The van der Waals surface area contributed by atoms with E-state index in [2.05, 4.69) is 14.9 Å². The molecule has 30 heavy (non-hydrogen) atoms. The number of thiophene rings is 1. The predicted octanol–water partition coefficient (Wildman–Crippen LogP) is 4.91. The molecule has 6 nitrogen and oxygen atoms in total. The number of nitrogens with one attached hydrogen (secondary N) is 1. The third-order valence-electron chi connectivity index (χ3n) is 5.11. The molecule has 2 heterocycles. The number of benzene rings is 1. The first-order valence-electron chi connectivity index (χ1n) is 9.77. The molecule has 2 aromatic heterocycles. The third-order valence-corrected chi connectivity index (χ3v) is 6.69. The van der Waals surface area contributed by atoms with Crippen molar-refractivity contribution in [1.82, 2.24) is 14.9 Å². The summed E-state index contributed by atoms with van der Waals surface area (Å²) in [5.74, 6) is -0.570. The molecule has 0 saturated heterocycles. The van der Waals surface area contributed by atoms with Gasteiger partial charge in [-0.05, 0) is 74.8 Å². The second-order valence-electron chi connectivity index (χ2n) is 7.90. The van der Waals surface area contributed by atoms with Crippen LogP contribution in [0, 0.1) is 13.8 Å². The first-order chi connectivity index (χ1) is 14.2. The monoisotopic (exact) mass is 442 g/mol. The largest absolute Gasteiger partial charge is 0.349 e. The zero-order chi connectivity index (χ0) is 21.9. The van der Waals surface area contributed by atoms with Crippen molar-refractivity contribution in [2.24, 2.45) is 0 Å². The summed E-state index contributed by atoms with van der Waals surface area (Å²) in [6.45, 7) is 9.92. The highest BCUT2D eigenvalue weighted by Crippen LogP contribution is 2.35. The van der Waals surface area contributed by atoms with E-state index in [9.17, 15) is 9.59 Å². The van der Waals surface area contributed by atoms with Crippen LogP contribution in [0.5, 0.6) is 0 Å². The van der Waals surface area contributed by atoms with Crippen molar-refractivity contribution < 1.29 is 9.59 Å². The Morgan fingerprint density at radius 3 is 2.40 bits per heavy atom. The molecule has 2 amide bonds. The summed E-state index contributed by atoms with van der Waals surface area (Å²) < 4.78 is 3.84. The maximum absolute atomic E-state index is 13.6. The van der Waals surface area contributed by atoms with E-state index in [0.29, 0.717) is 5.69 Å². The number of amides is 2. The van der Waals surface area contributed by atoms with E-state index in [0.717, 1.165) is 34.0 Å². The van der Waals surface area contributed by atoms with Crippen LogP contribution in [0.15, 0.2) is 41.1 Å². The van der Waals surface area contributed by atoms with Gasteiger partial charge in [-0.15, -0.1) is 16.4 Å². The minimum absolute atomic E-state index is 0.218. The average Bonchev–Trinajstić information content (AvgIpc) is 3.38. The lowest BCUT2D eigenvalue weighted by Gasteiger charge is -2.34. The van der Waals surface area contributed by atoms with E-state index >= 15 is 0 Å². The van der Waals surface area contributed by atoms with Gasteiger partial charge < -0.3 is 5.32 Å². The lowest BCUT2D eigenvalue weighted by Crippen LogP contribution is -2.50. The highest BCUT2D eigenvalue weighted by atomic mass is 32.1. The van der Waals surface area contributed by atoms with Gasteiger partial charge in [0.15, 0.2) is 11.7 Å². The summed E-state index contributed by atoms with van der Waals surface area (Å²) in [6.07, 6.45) is 0.767. The normalized spacial score (nSPS) is 12.4. The Morgan fingerprint density at radius 1 is 1.17 bits per heavy atom. The van der Waals surface area contributed by atoms with Gasteiger partial charge in [0, 0.05) is 21.5 Å². The Labute approximate surface area is 185 Å². The van der Waals surface area contributed by atoms with E-state index in [4.69, 9.17) is 0 Å². The van der Waals surface area contributed by atoms with E-state index in [-0.39, 0.29) is 17.5 Å². The van der Waals surface area contributed by atoms with Crippen molar-refractivity contribution in [2.75, 3.05) is 4.90 Å². The average molecular weight is 443 g/mol. The third kappa shape index (κ3) is 4.76. The Balaban J connectivity index is 2.15. The van der Waals surface area contributed by atoms with Gasteiger partial charge >= 0.3 is 0 Å². The molecule has 1 atom stereocenters. The van der Waals surface area contributed by atoms with Crippen LogP contribution in [0.4, 0.5) is 5.69 Å². The quantitative estimate of drug-likeness (QED) is 0.564. The van der Waals surface area contributed by atoms with E-state index in [1.54, 1.807) is 5.38 Å². The first kappa shape index (κ1) is 22.1. The van der Waals surface area contributed by atoms with Crippen molar-refractivity contribution in [3.8, 4) is 0 Å². The van der Waals surface area contributed by atoms with Crippen LogP contribution < -0.4 is 10.2 Å². The van der Waals surface area contributed by atoms with Crippen LogP contribution in [0.3, 0.4) is 0 Å². The molecule has 1 unspecified atom stereocenters. The second kappa shape index (κ2) is 9.06. The number of nitrogens with zero attached hydrogens (tertiary/aromatic N) is 3. The zero-order valence-corrected chi connectivity index (χ0v) is 19.4. The number of hydrogen-bond donors (Lipinski definition) is 1. The molecule has 1 N–H and O–H groups in total. The number of aryl methyl sites for hydroxylation is 2. The molecule has 3 rings (SSSR count). The van der Waals surface area contributed by atoms with Crippen molar-refractivity contribution in [3.05, 3.63) is 62.8 Å². The molecule has 0 aliphatic rings. The lowest BCUT2D eigenvalue weighted by molar-refractivity contribution is -0.124. The predicted molar refractivity (Wildman–Crippen MR) is 122 cm³/mol. The van der Waals surface area contributed by atoms with E-state index < -0.39 is 11.6 Å². The highest BCUT2D eigenvalue weighted by molar-refractivity contribution is 7.10. The van der Waals surface area contributed by atoms with Gasteiger partial charge in [0.1, 0.15) is 0 Å². The molecular formula is C22H26N4O2S2. The molecule has 0 aliphatic carbocycles. The first-order valence-corrected chi connectivity index (χ1v) is 11.5. The molecule has 0 radical (unpaired) electrons. The molecule has 158 valence electrons. The molecule has 0 saturated carbocycles. The molecule has 1 aromatic carbocycles. The number of anilines is 1. The fraction of sp³-hybridized carbons (Fsp3) is 0.364. The molecule has 3 aromatic rings. The Bertz CT molecular complexity index is 1010. The molecule has 0 fully saturated rings. The van der Waals surface area contributed by atoms with Crippen LogP contribution in [0.2, 0.25) is 0 Å². The molecule has 0 bridgehead atoms. The van der Waals surface area contributed by atoms with Gasteiger partial charge in [0.05, 0.1) is 0 Å². The Kier molecular flexibility index (Phi) is 6.67. The van der Waals surface area contributed by atoms with Crippen molar-refractivity contribution >= 4 is 40.4 Å². The van der Waals surface area contributed by atoms with Crippen molar-refractivity contribution in [3.63, 3.8) is 0 Å². The summed E-state index contributed by atoms with van der Waals surface area (Å²) in [6, 6.07) is 8.74. The van der Waals surface area contributed by atoms with Gasteiger partial charge in [0.2, 0.25) is 5.91 Å². The summed E-state index contributed by atoms with van der Waals surface area (Å²) >= 11 is 2.58. The number of rotatable bonds is 7. The number of aromatic nitrogens is 2. The number of carbonyl (C=O) groups is 2. The summed E-state index contributed by atoms with van der Waals surface area (Å²) in [4.78, 5) is 29.5. The minimum Gasteiger partial charge on any atom is -0.349 e. The van der Waals surface area contributed by atoms with E-state index in [1.165, 1.54) is 16.2 Å². The van der Waals surface area contributed by atoms with Crippen LogP contribution in [-0.4, -0.2) is 26.9 Å². The van der Waals surface area contributed by atoms with Gasteiger partial charge in [-0.25, -0.2) is 0 Å². The standard InChI is InChI=1S/C22H26N4O2S2/c1-6-22(4,5)23-20(27)18(19-15(3)11-12-29-19)26(16-9-7-14(2)8-10-16)21(28)17-13-30-25-24-17/h7-13,18H,6H2,1-5H3,(H,23,27). The summed E-state index contributed by atoms with van der Waals surface area (Å²) in [5.41, 5.74) is 2.51. The summed E-state index contributed by atoms with van der Waals surface area (Å²) in [7, 11) is 0. The van der Waals surface area contributed by atoms with Crippen LogP contribution in [0.1, 0.15) is 59.7 Å². The Hall–Kier alpha value is -2.58. The van der Waals surface area contributed by atoms with Crippen LogP contribution >= 0.6 is 22.9 Å². The Morgan fingerprint density at radius 2 is 1.87 bits per heavy atom.